The number of hydrogen-bond acceptors (Lipinski definition) is 3. The quantitative estimate of drug-likeness (QED) is 0.816. The second-order valence-electron chi connectivity index (χ2n) is 3.56. The molecule has 0 saturated carbocycles. The van der Waals surface area contributed by atoms with Gasteiger partial charge < -0.3 is 5.32 Å². The first-order valence-corrected chi connectivity index (χ1v) is 6.32. The molecule has 0 saturated heterocycles. The number of halogens is 2. The molecule has 1 heterocycles. The van der Waals surface area contributed by atoms with Crippen LogP contribution in [-0.4, -0.2) is 22.3 Å². The first-order valence-electron chi connectivity index (χ1n) is 4.37. The van der Waals surface area contributed by atoms with E-state index in [2.05, 4.69) is 10.3 Å². The number of nitrogens with one attached hydrogen (secondary N) is 1. The molecule has 2 nitrogen and oxygen atoms in total. The molecule has 0 amide bonds. The van der Waals surface area contributed by atoms with Crippen molar-refractivity contribution in [2.45, 2.75) is 25.9 Å². The van der Waals surface area contributed by atoms with Gasteiger partial charge in [0.1, 0.15) is 5.01 Å². The molecular weight excluding hydrogens is 239 g/mol. The molecular formula is C9H14Cl2N2S. The van der Waals surface area contributed by atoms with Crippen molar-refractivity contribution < 1.29 is 0 Å². The van der Waals surface area contributed by atoms with Gasteiger partial charge in [0, 0.05) is 34.9 Å². The zero-order valence-electron chi connectivity index (χ0n) is 8.31. The predicted molar refractivity (Wildman–Crippen MR) is 63.5 cm³/mol. The molecule has 1 aromatic rings. The third-order valence-corrected chi connectivity index (χ3v) is 4.07. The zero-order valence-corrected chi connectivity index (χ0v) is 10.6. The van der Waals surface area contributed by atoms with Crippen molar-refractivity contribution in [3.05, 3.63) is 16.1 Å². The van der Waals surface area contributed by atoms with Crippen molar-refractivity contribution in [3.63, 3.8) is 0 Å². The van der Waals surface area contributed by atoms with Crippen LogP contribution in [0.2, 0.25) is 0 Å². The number of nitrogens with zero attached hydrogens (tertiary/aromatic N) is 1. The van der Waals surface area contributed by atoms with E-state index in [1.54, 1.807) is 11.3 Å². The summed E-state index contributed by atoms with van der Waals surface area (Å²) in [5, 5.41) is 6.42. The lowest BCUT2D eigenvalue weighted by Gasteiger charge is -2.25. The lowest BCUT2D eigenvalue weighted by atomic mass is 10.1. The Bertz CT molecular complexity index is 284. The van der Waals surface area contributed by atoms with Crippen LogP contribution in [0.5, 0.6) is 0 Å². The Morgan fingerprint density at radius 2 is 2.14 bits per heavy atom. The molecule has 0 aliphatic rings. The second kappa shape index (κ2) is 5.31. The highest BCUT2D eigenvalue weighted by Crippen LogP contribution is 2.13. The molecule has 5 heteroatoms. The fourth-order valence-electron chi connectivity index (χ4n) is 0.903. The highest BCUT2D eigenvalue weighted by molar-refractivity contribution is 7.09. The average Bonchev–Trinajstić information content (AvgIpc) is 2.61. The summed E-state index contributed by atoms with van der Waals surface area (Å²) >= 11 is 13.3. The standard InChI is InChI=1S/C9H14Cl2N2S/c1-7-4-14-8(13-7)3-12-9(2,5-10)6-11/h4,12H,3,5-6H2,1-2H3. The highest BCUT2D eigenvalue weighted by Gasteiger charge is 2.21. The van der Waals surface area contributed by atoms with Gasteiger partial charge in [0.05, 0.1) is 0 Å². The summed E-state index contributed by atoms with van der Waals surface area (Å²) in [5.41, 5.74) is 0.855. The number of aryl methyl sites for hydroxylation is 1. The molecule has 0 aromatic carbocycles. The third kappa shape index (κ3) is 3.39. The van der Waals surface area contributed by atoms with Gasteiger partial charge in [-0.2, -0.15) is 0 Å². The lowest BCUT2D eigenvalue weighted by Crippen LogP contribution is -2.45. The molecule has 80 valence electrons. The summed E-state index contributed by atoms with van der Waals surface area (Å²) in [6, 6.07) is 0. The van der Waals surface area contributed by atoms with E-state index in [0.29, 0.717) is 11.8 Å². The Morgan fingerprint density at radius 1 is 1.50 bits per heavy atom. The minimum Gasteiger partial charge on any atom is -0.303 e. The van der Waals surface area contributed by atoms with Crippen molar-refractivity contribution in [2.24, 2.45) is 0 Å². The summed E-state index contributed by atoms with van der Waals surface area (Å²) in [5.74, 6) is 1.00. The first kappa shape index (κ1) is 12.2. The first-order chi connectivity index (χ1) is 6.59. The van der Waals surface area contributed by atoms with E-state index >= 15 is 0 Å². The maximum atomic E-state index is 5.82. The number of hydrogen-bond donors (Lipinski definition) is 1. The fraction of sp³-hybridized carbons (Fsp3) is 0.667. The largest absolute Gasteiger partial charge is 0.303 e. The monoisotopic (exact) mass is 252 g/mol. The van der Waals surface area contributed by atoms with E-state index in [-0.39, 0.29) is 5.54 Å². The van der Waals surface area contributed by atoms with E-state index in [0.717, 1.165) is 17.2 Å². The van der Waals surface area contributed by atoms with Crippen LogP contribution in [0.3, 0.4) is 0 Å². The van der Waals surface area contributed by atoms with Gasteiger partial charge in [-0.3, -0.25) is 0 Å². The number of rotatable bonds is 5. The van der Waals surface area contributed by atoms with Crippen molar-refractivity contribution >= 4 is 34.5 Å². The number of thiazole rings is 1. The topological polar surface area (TPSA) is 24.9 Å². The fourth-order valence-corrected chi connectivity index (χ4v) is 2.09. The molecule has 1 rings (SSSR count). The van der Waals surface area contributed by atoms with Gasteiger partial charge in [-0.05, 0) is 13.8 Å². The zero-order chi connectivity index (χ0) is 10.6. The summed E-state index contributed by atoms with van der Waals surface area (Å²) < 4.78 is 0. The SMILES string of the molecule is Cc1csc(CNC(C)(CCl)CCl)n1. The lowest BCUT2D eigenvalue weighted by molar-refractivity contribution is 0.434. The number of alkyl halides is 2. The normalized spacial score (nSPS) is 12.0. The Labute approximate surface area is 98.6 Å². The second-order valence-corrected chi connectivity index (χ2v) is 5.04. The Kier molecular flexibility index (Phi) is 4.64. The van der Waals surface area contributed by atoms with Gasteiger partial charge in [-0.1, -0.05) is 0 Å². The molecule has 0 radical (unpaired) electrons. The third-order valence-electron chi connectivity index (χ3n) is 1.92. The van der Waals surface area contributed by atoms with Gasteiger partial charge in [-0.25, -0.2) is 4.98 Å². The van der Waals surface area contributed by atoms with Crippen molar-refractivity contribution in [3.8, 4) is 0 Å². The van der Waals surface area contributed by atoms with E-state index in [1.165, 1.54) is 0 Å². The van der Waals surface area contributed by atoms with E-state index in [1.807, 2.05) is 19.2 Å². The van der Waals surface area contributed by atoms with Crippen LogP contribution < -0.4 is 5.32 Å². The molecule has 0 atom stereocenters. The average molecular weight is 253 g/mol. The van der Waals surface area contributed by atoms with Crippen LogP contribution in [0.1, 0.15) is 17.6 Å². The van der Waals surface area contributed by atoms with Gasteiger partial charge in [0.25, 0.3) is 0 Å². The van der Waals surface area contributed by atoms with Crippen molar-refractivity contribution in [1.82, 2.24) is 10.3 Å². The molecule has 0 spiro atoms. The molecule has 0 unspecified atom stereocenters. The molecule has 0 aliphatic heterocycles. The molecule has 0 bridgehead atoms. The maximum Gasteiger partial charge on any atom is 0.107 e. The molecule has 14 heavy (non-hydrogen) atoms. The summed E-state index contributed by atoms with van der Waals surface area (Å²) in [6.07, 6.45) is 0. The van der Waals surface area contributed by atoms with Crippen LogP contribution in [0, 0.1) is 6.92 Å². The number of aromatic nitrogens is 1. The molecule has 1 N–H and O–H groups in total. The summed E-state index contributed by atoms with van der Waals surface area (Å²) in [7, 11) is 0. The van der Waals surface area contributed by atoms with Gasteiger partial charge in [0.2, 0.25) is 0 Å². The van der Waals surface area contributed by atoms with Gasteiger partial charge in [-0.15, -0.1) is 34.5 Å². The smallest absolute Gasteiger partial charge is 0.107 e. The molecule has 0 aliphatic carbocycles. The van der Waals surface area contributed by atoms with E-state index in [4.69, 9.17) is 23.2 Å². The van der Waals surface area contributed by atoms with E-state index < -0.39 is 0 Å². The predicted octanol–water partition coefficient (Wildman–Crippen LogP) is 2.78. The van der Waals surface area contributed by atoms with Crippen LogP contribution in [0.25, 0.3) is 0 Å². The minimum absolute atomic E-state index is 0.206. The van der Waals surface area contributed by atoms with Crippen molar-refractivity contribution in [1.29, 1.82) is 0 Å². The Morgan fingerprint density at radius 3 is 2.57 bits per heavy atom. The van der Waals surface area contributed by atoms with Crippen molar-refractivity contribution in [2.75, 3.05) is 11.8 Å². The Balaban J connectivity index is 2.47. The molecule has 0 fully saturated rings. The molecule has 1 aromatic heterocycles. The van der Waals surface area contributed by atoms with E-state index in [9.17, 15) is 0 Å². The minimum atomic E-state index is -0.206. The summed E-state index contributed by atoms with van der Waals surface area (Å²) in [6.45, 7) is 4.73. The van der Waals surface area contributed by atoms with Gasteiger partial charge in [0.15, 0.2) is 0 Å². The van der Waals surface area contributed by atoms with Gasteiger partial charge >= 0.3 is 0 Å². The highest BCUT2D eigenvalue weighted by atomic mass is 35.5. The summed E-state index contributed by atoms with van der Waals surface area (Å²) in [4.78, 5) is 4.35. The maximum absolute atomic E-state index is 5.82. The van der Waals surface area contributed by atoms with Crippen LogP contribution in [0.4, 0.5) is 0 Å². The van der Waals surface area contributed by atoms with Crippen LogP contribution in [-0.2, 0) is 6.54 Å². The van der Waals surface area contributed by atoms with Crippen LogP contribution >= 0.6 is 34.5 Å². The Hall–Kier alpha value is 0.170. The van der Waals surface area contributed by atoms with Crippen LogP contribution in [0.15, 0.2) is 5.38 Å².